The Morgan fingerprint density at radius 3 is 2.82 bits per heavy atom. The Morgan fingerprint density at radius 2 is 2.29 bits per heavy atom. The molecule has 1 aromatic rings. The first kappa shape index (κ1) is 13.9. The summed E-state index contributed by atoms with van der Waals surface area (Å²) in [5.74, 6) is -0.994. The molecule has 4 nitrogen and oxygen atoms in total. The Hall–Kier alpha value is -1.17. The first-order chi connectivity index (χ1) is 7.91. The highest BCUT2D eigenvalue weighted by Gasteiger charge is 2.12. The van der Waals surface area contributed by atoms with Gasteiger partial charge in [0.1, 0.15) is 5.82 Å². The second-order valence-electron chi connectivity index (χ2n) is 3.74. The number of aliphatic hydroxyl groups is 1. The highest BCUT2D eigenvalue weighted by atomic mass is 35.5. The first-order valence-electron chi connectivity index (χ1n) is 5.08. The molecule has 1 aromatic carbocycles. The summed E-state index contributed by atoms with van der Waals surface area (Å²) in [6.45, 7) is 1.66. The van der Waals surface area contributed by atoms with Crippen molar-refractivity contribution in [1.82, 2.24) is 5.32 Å². The fourth-order valence-electron chi connectivity index (χ4n) is 1.12. The van der Waals surface area contributed by atoms with Crippen molar-refractivity contribution in [1.29, 1.82) is 0 Å². The maximum absolute atomic E-state index is 12.9. The van der Waals surface area contributed by atoms with Gasteiger partial charge in [-0.3, -0.25) is 4.79 Å². The number of amides is 1. The van der Waals surface area contributed by atoms with Gasteiger partial charge in [-0.1, -0.05) is 11.6 Å². The number of benzene rings is 1. The van der Waals surface area contributed by atoms with Gasteiger partial charge in [0, 0.05) is 18.2 Å². The largest absolute Gasteiger partial charge is 0.392 e. The number of nitrogens with one attached hydrogen (secondary N) is 1. The maximum Gasteiger partial charge on any atom is 0.251 e. The van der Waals surface area contributed by atoms with E-state index >= 15 is 0 Å². The van der Waals surface area contributed by atoms with Gasteiger partial charge in [0.05, 0.1) is 11.1 Å². The molecule has 0 aromatic heterocycles. The summed E-state index contributed by atoms with van der Waals surface area (Å²) in [4.78, 5) is 11.6. The lowest BCUT2D eigenvalue weighted by Crippen LogP contribution is -2.43. The molecule has 0 heterocycles. The van der Waals surface area contributed by atoms with E-state index in [-0.39, 0.29) is 17.1 Å². The summed E-state index contributed by atoms with van der Waals surface area (Å²) in [5.41, 5.74) is 5.79. The molecule has 0 aliphatic heterocycles. The Balaban J connectivity index is 2.61. The van der Waals surface area contributed by atoms with Crippen molar-refractivity contribution in [3.05, 3.63) is 34.6 Å². The quantitative estimate of drug-likeness (QED) is 0.753. The van der Waals surface area contributed by atoms with Crippen molar-refractivity contribution < 1.29 is 14.3 Å². The molecule has 0 saturated carbocycles. The third-order valence-corrected chi connectivity index (χ3v) is 2.59. The molecule has 0 radical (unpaired) electrons. The van der Waals surface area contributed by atoms with E-state index in [1.54, 1.807) is 0 Å². The van der Waals surface area contributed by atoms with Crippen LogP contribution in [0.15, 0.2) is 18.2 Å². The van der Waals surface area contributed by atoms with Crippen LogP contribution in [0.4, 0.5) is 4.39 Å². The minimum Gasteiger partial charge on any atom is -0.392 e. The van der Waals surface area contributed by atoms with Gasteiger partial charge in [0.25, 0.3) is 5.91 Å². The van der Waals surface area contributed by atoms with Crippen LogP contribution in [-0.4, -0.2) is 29.7 Å². The van der Waals surface area contributed by atoms with E-state index in [1.807, 2.05) is 0 Å². The number of hydrogen-bond donors (Lipinski definition) is 3. The molecule has 2 unspecified atom stereocenters. The van der Waals surface area contributed by atoms with E-state index in [4.69, 9.17) is 22.4 Å². The fourth-order valence-corrected chi connectivity index (χ4v) is 1.30. The van der Waals surface area contributed by atoms with Gasteiger partial charge in [-0.05, 0) is 25.1 Å². The van der Waals surface area contributed by atoms with E-state index in [0.29, 0.717) is 0 Å². The minimum atomic E-state index is -0.716. The molecule has 1 rings (SSSR count). The van der Waals surface area contributed by atoms with Gasteiger partial charge in [0.15, 0.2) is 0 Å². The van der Waals surface area contributed by atoms with Crippen molar-refractivity contribution >= 4 is 17.5 Å². The van der Waals surface area contributed by atoms with Gasteiger partial charge < -0.3 is 16.2 Å². The number of carbonyl (C=O) groups is 1. The smallest absolute Gasteiger partial charge is 0.251 e. The molecule has 2 atom stereocenters. The predicted octanol–water partition coefficient (Wildman–Crippen LogP) is 0.917. The van der Waals surface area contributed by atoms with Crippen molar-refractivity contribution in [2.24, 2.45) is 5.73 Å². The molecule has 0 aliphatic carbocycles. The summed E-state index contributed by atoms with van der Waals surface area (Å²) in [6, 6.07) is 3.13. The van der Waals surface area contributed by atoms with Gasteiger partial charge in [-0.15, -0.1) is 0 Å². The van der Waals surface area contributed by atoms with Crippen molar-refractivity contribution in [2.45, 2.75) is 19.1 Å². The summed E-state index contributed by atoms with van der Waals surface area (Å²) in [6.07, 6.45) is -0.716. The zero-order chi connectivity index (χ0) is 13.0. The first-order valence-corrected chi connectivity index (χ1v) is 5.46. The van der Waals surface area contributed by atoms with Crippen LogP contribution < -0.4 is 11.1 Å². The second kappa shape index (κ2) is 5.95. The summed E-state index contributed by atoms with van der Waals surface area (Å²) in [5, 5.41) is 11.5. The van der Waals surface area contributed by atoms with Crippen LogP contribution in [0.3, 0.4) is 0 Å². The standard InChI is InChI=1S/C11H14ClFN2O2/c1-6(16)10(14)5-15-11(17)7-2-3-9(13)8(12)4-7/h2-4,6,10,16H,5,14H2,1H3,(H,15,17). The molecule has 17 heavy (non-hydrogen) atoms. The number of rotatable bonds is 4. The predicted molar refractivity (Wildman–Crippen MR) is 63.4 cm³/mol. The van der Waals surface area contributed by atoms with Crippen molar-refractivity contribution in [2.75, 3.05) is 6.54 Å². The highest BCUT2D eigenvalue weighted by Crippen LogP contribution is 2.15. The highest BCUT2D eigenvalue weighted by molar-refractivity contribution is 6.31. The average Bonchev–Trinajstić information content (AvgIpc) is 2.28. The topological polar surface area (TPSA) is 75.3 Å². The van der Waals surface area contributed by atoms with E-state index in [1.165, 1.54) is 19.1 Å². The zero-order valence-corrected chi connectivity index (χ0v) is 10.0. The van der Waals surface area contributed by atoms with Crippen molar-refractivity contribution in [3.63, 3.8) is 0 Å². The van der Waals surface area contributed by atoms with Crippen LogP contribution in [0.5, 0.6) is 0 Å². The van der Waals surface area contributed by atoms with Crippen LogP contribution in [0.2, 0.25) is 5.02 Å². The molecule has 0 spiro atoms. The molecule has 0 bridgehead atoms. The van der Waals surface area contributed by atoms with Crippen LogP contribution in [0.1, 0.15) is 17.3 Å². The molecule has 94 valence electrons. The summed E-state index contributed by atoms with van der Waals surface area (Å²) >= 11 is 5.55. The average molecular weight is 261 g/mol. The fraction of sp³-hybridized carbons (Fsp3) is 0.364. The third kappa shape index (κ3) is 3.96. The number of carbonyl (C=O) groups excluding carboxylic acids is 1. The molecule has 0 aliphatic rings. The lowest BCUT2D eigenvalue weighted by molar-refractivity contribution is 0.0937. The Bertz CT molecular complexity index is 412. The third-order valence-electron chi connectivity index (χ3n) is 2.30. The summed E-state index contributed by atoms with van der Waals surface area (Å²) < 4.78 is 12.9. The SMILES string of the molecule is CC(O)C(N)CNC(=O)c1ccc(F)c(Cl)c1. The number of hydrogen-bond acceptors (Lipinski definition) is 3. The number of halogens is 2. The molecular weight excluding hydrogens is 247 g/mol. The lowest BCUT2D eigenvalue weighted by Gasteiger charge is -2.15. The molecule has 0 saturated heterocycles. The molecule has 6 heteroatoms. The molecular formula is C11H14ClFN2O2. The van der Waals surface area contributed by atoms with Gasteiger partial charge in [0.2, 0.25) is 0 Å². The molecule has 0 fully saturated rings. The monoisotopic (exact) mass is 260 g/mol. The van der Waals surface area contributed by atoms with Crippen LogP contribution in [-0.2, 0) is 0 Å². The Labute approximate surface area is 104 Å². The number of nitrogens with two attached hydrogens (primary N) is 1. The normalized spacial score (nSPS) is 14.2. The van der Waals surface area contributed by atoms with E-state index in [2.05, 4.69) is 5.32 Å². The van der Waals surface area contributed by atoms with Crippen LogP contribution in [0.25, 0.3) is 0 Å². The lowest BCUT2D eigenvalue weighted by atomic mass is 10.1. The molecule has 1 amide bonds. The number of aliphatic hydroxyl groups excluding tert-OH is 1. The van der Waals surface area contributed by atoms with Gasteiger partial charge >= 0.3 is 0 Å². The maximum atomic E-state index is 12.9. The van der Waals surface area contributed by atoms with Crippen LogP contribution in [0, 0.1) is 5.82 Å². The Kier molecular flexibility index (Phi) is 4.86. The van der Waals surface area contributed by atoms with E-state index < -0.39 is 23.9 Å². The van der Waals surface area contributed by atoms with E-state index in [9.17, 15) is 9.18 Å². The molecule has 4 N–H and O–H groups in total. The second-order valence-corrected chi connectivity index (χ2v) is 4.15. The minimum absolute atomic E-state index is 0.113. The Morgan fingerprint density at radius 1 is 1.65 bits per heavy atom. The zero-order valence-electron chi connectivity index (χ0n) is 9.28. The van der Waals surface area contributed by atoms with E-state index in [0.717, 1.165) is 6.07 Å². The summed E-state index contributed by atoms with van der Waals surface area (Å²) in [7, 11) is 0. The van der Waals surface area contributed by atoms with Gasteiger partial charge in [-0.2, -0.15) is 0 Å². The van der Waals surface area contributed by atoms with Gasteiger partial charge in [-0.25, -0.2) is 4.39 Å². The van der Waals surface area contributed by atoms with Crippen molar-refractivity contribution in [3.8, 4) is 0 Å². The van der Waals surface area contributed by atoms with Crippen LogP contribution >= 0.6 is 11.6 Å².